The Labute approximate surface area is 112 Å². The fraction of sp³-hybridized carbons (Fsp3) is 0.615. The number of rotatable bonds is 2. The molecular formula is C13H18ClNOS. The molecule has 0 spiro atoms. The van der Waals surface area contributed by atoms with E-state index in [4.69, 9.17) is 11.6 Å². The van der Waals surface area contributed by atoms with Crippen LogP contribution in [0.4, 0.5) is 0 Å². The molecule has 17 heavy (non-hydrogen) atoms. The molecule has 4 heteroatoms. The maximum Gasteiger partial charge on any atom is 0.263 e. The maximum atomic E-state index is 12.2. The van der Waals surface area contributed by atoms with E-state index in [0.29, 0.717) is 10.4 Å². The highest BCUT2D eigenvalue weighted by Crippen LogP contribution is 2.26. The number of thiophene rings is 1. The second-order valence-electron chi connectivity index (χ2n) is 4.67. The summed E-state index contributed by atoms with van der Waals surface area (Å²) in [4.78, 5) is 14.9. The second kappa shape index (κ2) is 5.87. The summed E-state index contributed by atoms with van der Waals surface area (Å²) in [7, 11) is 1.92. The predicted octanol–water partition coefficient (Wildman–Crippen LogP) is 4.20. The van der Waals surface area contributed by atoms with Crippen LogP contribution in [-0.2, 0) is 0 Å². The zero-order valence-electron chi connectivity index (χ0n) is 10.1. The summed E-state index contributed by atoms with van der Waals surface area (Å²) in [5, 5.41) is 0. The van der Waals surface area contributed by atoms with Gasteiger partial charge in [-0.2, -0.15) is 0 Å². The van der Waals surface area contributed by atoms with Crippen molar-refractivity contribution in [1.29, 1.82) is 0 Å². The molecular weight excluding hydrogens is 254 g/mol. The molecule has 0 bridgehead atoms. The Balaban J connectivity index is 2.03. The molecule has 0 atom stereocenters. The molecule has 1 aliphatic carbocycles. The van der Waals surface area contributed by atoms with Crippen LogP contribution >= 0.6 is 22.9 Å². The Morgan fingerprint density at radius 2 is 1.94 bits per heavy atom. The Bertz CT molecular complexity index is 383. The van der Waals surface area contributed by atoms with E-state index >= 15 is 0 Å². The summed E-state index contributed by atoms with van der Waals surface area (Å²) in [6.07, 6.45) is 7.39. The van der Waals surface area contributed by atoms with E-state index in [0.717, 1.165) is 17.7 Å². The van der Waals surface area contributed by atoms with Gasteiger partial charge < -0.3 is 4.90 Å². The molecule has 0 saturated heterocycles. The van der Waals surface area contributed by atoms with E-state index in [1.54, 1.807) is 6.07 Å². The highest BCUT2D eigenvalue weighted by Gasteiger charge is 2.22. The maximum absolute atomic E-state index is 12.2. The van der Waals surface area contributed by atoms with Crippen molar-refractivity contribution < 1.29 is 4.79 Å². The van der Waals surface area contributed by atoms with Gasteiger partial charge in [0.1, 0.15) is 0 Å². The van der Waals surface area contributed by atoms with Crippen molar-refractivity contribution in [2.45, 2.75) is 44.6 Å². The zero-order chi connectivity index (χ0) is 12.3. The van der Waals surface area contributed by atoms with Gasteiger partial charge in [0.15, 0.2) is 0 Å². The standard InChI is InChI=1S/C13H18ClNOS/c1-15(10-6-4-2-3-5-7-10)13(16)11-8-9-12(14)17-11/h8-10H,2-7H2,1H3. The molecule has 1 amide bonds. The molecule has 1 aromatic rings. The van der Waals surface area contributed by atoms with Crippen LogP contribution in [-0.4, -0.2) is 23.9 Å². The number of hydrogen-bond donors (Lipinski definition) is 0. The van der Waals surface area contributed by atoms with Gasteiger partial charge in [-0.3, -0.25) is 4.79 Å². The number of carbonyl (C=O) groups is 1. The van der Waals surface area contributed by atoms with E-state index in [2.05, 4.69) is 0 Å². The molecule has 1 aliphatic rings. The predicted molar refractivity (Wildman–Crippen MR) is 72.9 cm³/mol. The Morgan fingerprint density at radius 1 is 1.29 bits per heavy atom. The molecule has 1 saturated carbocycles. The van der Waals surface area contributed by atoms with E-state index in [1.165, 1.54) is 37.0 Å². The van der Waals surface area contributed by atoms with E-state index in [1.807, 2.05) is 18.0 Å². The third-order valence-corrected chi connectivity index (χ3v) is 4.70. The summed E-state index contributed by atoms with van der Waals surface area (Å²) in [5.74, 6) is 0.119. The van der Waals surface area contributed by atoms with Crippen molar-refractivity contribution in [2.24, 2.45) is 0 Å². The lowest BCUT2D eigenvalue weighted by Gasteiger charge is -2.26. The molecule has 1 heterocycles. The second-order valence-corrected chi connectivity index (χ2v) is 6.38. The summed E-state index contributed by atoms with van der Waals surface area (Å²) in [6, 6.07) is 4.02. The Kier molecular flexibility index (Phi) is 4.46. The van der Waals surface area contributed by atoms with Crippen molar-refractivity contribution in [1.82, 2.24) is 4.90 Å². The lowest BCUT2D eigenvalue weighted by molar-refractivity contribution is 0.0722. The smallest absolute Gasteiger partial charge is 0.263 e. The van der Waals surface area contributed by atoms with Crippen LogP contribution in [0.5, 0.6) is 0 Å². The quantitative estimate of drug-likeness (QED) is 0.739. The third kappa shape index (κ3) is 3.23. The van der Waals surface area contributed by atoms with Gasteiger partial charge in [-0.15, -0.1) is 11.3 Å². The molecule has 94 valence electrons. The summed E-state index contributed by atoms with van der Waals surface area (Å²) in [5.41, 5.74) is 0. The normalized spacial score (nSPS) is 17.8. The van der Waals surface area contributed by atoms with Crippen molar-refractivity contribution >= 4 is 28.8 Å². The first-order valence-corrected chi connectivity index (χ1v) is 7.40. The highest BCUT2D eigenvalue weighted by molar-refractivity contribution is 7.17. The van der Waals surface area contributed by atoms with Crippen LogP contribution in [0.1, 0.15) is 48.2 Å². The molecule has 1 fully saturated rings. The highest BCUT2D eigenvalue weighted by atomic mass is 35.5. The first-order valence-electron chi connectivity index (χ1n) is 6.21. The minimum atomic E-state index is 0.119. The first kappa shape index (κ1) is 12.9. The molecule has 1 aromatic heterocycles. The van der Waals surface area contributed by atoms with Crippen molar-refractivity contribution in [3.05, 3.63) is 21.3 Å². The van der Waals surface area contributed by atoms with Crippen LogP contribution in [0.3, 0.4) is 0 Å². The molecule has 2 rings (SSSR count). The van der Waals surface area contributed by atoms with Gasteiger partial charge in [0, 0.05) is 13.1 Å². The van der Waals surface area contributed by atoms with Gasteiger partial charge in [-0.25, -0.2) is 0 Å². The van der Waals surface area contributed by atoms with Gasteiger partial charge >= 0.3 is 0 Å². The lowest BCUT2D eigenvalue weighted by Crippen LogP contribution is -2.36. The van der Waals surface area contributed by atoms with Gasteiger partial charge in [0.05, 0.1) is 9.21 Å². The van der Waals surface area contributed by atoms with Crippen LogP contribution in [0, 0.1) is 0 Å². The van der Waals surface area contributed by atoms with E-state index in [9.17, 15) is 4.79 Å². The van der Waals surface area contributed by atoms with Crippen molar-refractivity contribution in [3.8, 4) is 0 Å². The van der Waals surface area contributed by atoms with Gasteiger partial charge in [0.2, 0.25) is 0 Å². The number of halogens is 1. The molecule has 0 radical (unpaired) electrons. The molecule has 0 N–H and O–H groups in total. The van der Waals surface area contributed by atoms with Gasteiger partial charge in [0.25, 0.3) is 5.91 Å². The number of hydrogen-bond acceptors (Lipinski definition) is 2. The van der Waals surface area contributed by atoms with Crippen LogP contribution in [0.15, 0.2) is 12.1 Å². The van der Waals surface area contributed by atoms with E-state index in [-0.39, 0.29) is 5.91 Å². The number of amides is 1. The van der Waals surface area contributed by atoms with E-state index < -0.39 is 0 Å². The van der Waals surface area contributed by atoms with Crippen LogP contribution in [0.25, 0.3) is 0 Å². The van der Waals surface area contributed by atoms with Crippen molar-refractivity contribution in [3.63, 3.8) is 0 Å². The minimum Gasteiger partial charge on any atom is -0.338 e. The molecule has 0 unspecified atom stereocenters. The van der Waals surface area contributed by atoms with Crippen molar-refractivity contribution in [2.75, 3.05) is 7.05 Å². The minimum absolute atomic E-state index is 0.119. The molecule has 0 aromatic carbocycles. The third-order valence-electron chi connectivity index (χ3n) is 3.48. The fourth-order valence-corrected chi connectivity index (χ4v) is 3.44. The number of carbonyl (C=O) groups excluding carboxylic acids is 1. The lowest BCUT2D eigenvalue weighted by atomic mass is 10.1. The topological polar surface area (TPSA) is 20.3 Å². The van der Waals surface area contributed by atoms with Crippen LogP contribution < -0.4 is 0 Å². The first-order chi connectivity index (χ1) is 8.18. The largest absolute Gasteiger partial charge is 0.338 e. The number of nitrogens with zero attached hydrogens (tertiary/aromatic N) is 1. The van der Waals surface area contributed by atoms with Gasteiger partial charge in [-0.05, 0) is 25.0 Å². The Hall–Kier alpha value is -0.540. The van der Waals surface area contributed by atoms with Crippen LogP contribution in [0.2, 0.25) is 4.34 Å². The summed E-state index contributed by atoms with van der Waals surface area (Å²) in [6.45, 7) is 0. The summed E-state index contributed by atoms with van der Waals surface area (Å²) < 4.78 is 0.683. The zero-order valence-corrected chi connectivity index (χ0v) is 11.7. The monoisotopic (exact) mass is 271 g/mol. The SMILES string of the molecule is CN(C(=O)c1ccc(Cl)s1)C1CCCCCC1. The average molecular weight is 272 g/mol. The summed E-state index contributed by atoms with van der Waals surface area (Å²) >= 11 is 7.24. The van der Waals surface area contributed by atoms with Gasteiger partial charge in [-0.1, -0.05) is 37.3 Å². The average Bonchev–Trinajstić information content (AvgIpc) is 2.60. The fourth-order valence-electron chi connectivity index (χ4n) is 2.41. The molecule has 2 nitrogen and oxygen atoms in total. The molecule has 0 aliphatic heterocycles. The Morgan fingerprint density at radius 3 is 2.47 bits per heavy atom.